The molecule has 10 rings (SSSR count). The van der Waals surface area contributed by atoms with E-state index in [1.54, 1.807) is 0 Å². The van der Waals surface area contributed by atoms with E-state index in [0.29, 0.717) is 0 Å². The molecule has 0 N–H and O–H groups in total. The van der Waals surface area contributed by atoms with Gasteiger partial charge in [-0.1, -0.05) is 103 Å². The smallest absolute Gasteiger partial charge is 0.135 e. The van der Waals surface area contributed by atoms with Crippen molar-refractivity contribution in [3.8, 4) is 11.1 Å². The highest BCUT2D eigenvalue weighted by atomic mass is 16.3. The van der Waals surface area contributed by atoms with Crippen LogP contribution in [0.5, 0.6) is 0 Å². The zero-order chi connectivity index (χ0) is 30.9. The van der Waals surface area contributed by atoms with Gasteiger partial charge in [0.2, 0.25) is 0 Å². The molecule has 0 saturated carbocycles. The highest BCUT2D eigenvalue weighted by Gasteiger charge is 2.28. The Kier molecular flexibility index (Phi) is 5.57. The van der Waals surface area contributed by atoms with E-state index >= 15 is 0 Å². The molecule has 0 aliphatic carbocycles. The van der Waals surface area contributed by atoms with E-state index in [0.717, 1.165) is 44.7 Å². The molecule has 0 radical (unpaired) electrons. The van der Waals surface area contributed by atoms with Crippen LogP contribution in [0.4, 0.5) is 34.1 Å². The largest absolute Gasteiger partial charge is 0.456 e. The summed E-state index contributed by atoms with van der Waals surface area (Å²) in [5.41, 5.74) is 11.1. The standard InChI is InChI=1S/C44H28N2O/c1-2-13-31(14-3-1)45(34-25-27-42-39(28-34)36-16-6-7-19-41(36)47-42)32-21-23-33(24-22-32)46-40-18-9-12-30-11-8-17-37(43(30)40)38-26-20-29-10-4-5-15-35(29)44(38)46/h1-28H. The van der Waals surface area contributed by atoms with Gasteiger partial charge in [0.05, 0.1) is 11.4 Å². The van der Waals surface area contributed by atoms with Crippen LogP contribution < -0.4 is 9.80 Å². The highest BCUT2D eigenvalue weighted by Crippen LogP contribution is 2.53. The summed E-state index contributed by atoms with van der Waals surface area (Å²) < 4.78 is 6.17. The maximum atomic E-state index is 6.17. The highest BCUT2D eigenvalue weighted by molar-refractivity contribution is 6.18. The lowest BCUT2D eigenvalue weighted by Gasteiger charge is -2.35. The van der Waals surface area contributed by atoms with Crippen LogP contribution in [-0.2, 0) is 0 Å². The number of para-hydroxylation sites is 2. The number of hydrogen-bond acceptors (Lipinski definition) is 3. The van der Waals surface area contributed by atoms with E-state index in [-0.39, 0.29) is 0 Å². The third-order valence-corrected chi connectivity index (χ3v) is 9.54. The third kappa shape index (κ3) is 3.93. The van der Waals surface area contributed by atoms with Crippen LogP contribution in [0.25, 0.3) is 54.6 Å². The number of rotatable bonds is 4. The lowest BCUT2D eigenvalue weighted by Crippen LogP contribution is -2.16. The molecule has 220 valence electrons. The second-order valence-corrected chi connectivity index (χ2v) is 12.2. The second kappa shape index (κ2) is 10.1. The summed E-state index contributed by atoms with van der Waals surface area (Å²) in [4.78, 5) is 4.77. The summed E-state index contributed by atoms with van der Waals surface area (Å²) in [6, 6.07) is 60.8. The number of benzene rings is 8. The normalized spacial score (nSPS) is 12.2. The van der Waals surface area contributed by atoms with Gasteiger partial charge in [-0.25, -0.2) is 0 Å². The van der Waals surface area contributed by atoms with Gasteiger partial charge in [-0.3, -0.25) is 0 Å². The minimum absolute atomic E-state index is 0.892. The van der Waals surface area contributed by atoms with Crippen LogP contribution in [0.2, 0.25) is 0 Å². The zero-order valence-electron chi connectivity index (χ0n) is 25.5. The van der Waals surface area contributed by atoms with Crippen LogP contribution in [0, 0.1) is 0 Å². The lowest BCUT2D eigenvalue weighted by atomic mass is 9.88. The number of fused-ring (bicyclic) bond motifs is 7. The monoisotopic (exact) mass is 600 g/mol. The number of anilines is 6. The van der Waals surface area contributed by atoms with Gasteiger partial charge in [0.1, 0.15) is 11.2 Å². The maximum absolute atomic E-state index is 6.17. The van der Waals surface area contributed by atoms with Crippen molar-refractivity contribution in [3.63, 3.8) is 0 Å². The Bertz CT molecular complexity index is 2630. The topological polar surface area (TPSA) is 19.6 Å². The van der Waals surface area contributed by atoms with E-state index in [4.69, 9.17) is 4.42 Å². The van der Waals surface area contributed by atoms with Gasteiger partial charge in [-0.15, -0.1) is 0 Å². The molecule has 2 heterocycles. The molecular weight excluding hydrogens is 572 g/mol. The molecule has 47 heavy (non-hydrogen) atoms. The van der Waals surface area contributed by atoms with Crippen LogP contribution in [-0.4, -0.2) is 0 Å². The Labute approximate surface area is 272 Å². The Balaban J connectivity index is 1.16. The van der Waals surface area contributed by atoms with E-state index in [1.807, 2.05) is 12.1 Å². The van der Waals surface area contributed by atoms with Crippen LogP contribution >= 0.6 is 0 Å². The van der Waals surface area contributed by atoms with Crippen LogP contribution in [0.3, 0.4) is 0 Å². The molecule has 0 saturated heterocycles. The Morgan fingerprint density at radius 2 is 1.11 bits per heavy atom. The third-order valence-electron chi connectivity index (χ3n) is 9.54. The summed E-state index contributed by atoms with van der Waals surface area (Å²) in [6.07, 6.45) is 0. The minimum Gasteiger partial charge on any atom is -0.456 e. The average Bonchev–Trinajstić information content (AvgIpc) is 3.51. The van der Waals surface area contributed by atoms with Crippen molar-refractivity contribution in [2.75, 3.05) is 9.80 Å². The van der Waals surface area contributed by atoms with Gasteiger partial charge in [-0.2, -0.15) is 0 Å². The fraction of sp³-hybridized carbons (Fsp3) is 0. The molecule has 8 aromatic carbocycles. The summed E-state index contributed by atoms with van der Waals surface area (Å²) in [7, 11) is 0. The molecular formula is C44H28N2O. The molecule has 0 spiro atoms. The molecule has 3 heteroatoms. The molecule has 0 bridgehead atoms. The number of furan rings is 1. The SMILES string of the molecule is c1ccc(N(c2ccc(N3c4c(ccc5ccccc45)-c4cccc5cccc3c45)cc2)c2ccc3oc4ccccc4c3c2)cc1. The van der Waals surface area contributed by atoms with Gasteiger partial charge in [-0.05, 0) is 83.1 Å². The molecule has 0 amide bonds. The van der Waals surface area contributed by atoms with Gasteiger partial charge in [0.25, 0.3) is 0 Å². The van der Waals surface area contributed by atoms with Gasteiger partial charge >= 0.3 is 0 Å². The van der Waals surface area contributed by atoms with E-state index < -0.39 is 0 Å². The fourth-order valence-corrected chi connectivity index (χ4v) is 7.46. The van der Waals surface area contributed by atoms with E-state index in [1.165, 1.54) is 44.0 Å². The summed E-state index contributed by atoms with van der Waals surface area (Å²) in [5, 5.41) is 7.24. The Hall–Kier alpha value is -6.32. The van der Waals surface area contributed by atoms with Crippen molar-refractivity contribution in [3.05, 3.63) is 170 Å². The molecule has 1 aromatic heterocycles. The number of hydrogen-bond donors (Lipinski definition) is 0. The second-order valence-electron chi connectivity index (χ2n) is 12.2. The van der Waals surface area contributed by atoms with Gasteiger partial charge in [0, 0.05) is 49.9 Å². The predicted octanol–water partition coefficient (Wildman–Crippen LogP) is 12.8. The van der Waals surface area contributed by atoms with Crippen molar-refractivity contribution >= 4 is 77.6 Å². The molecule has 3 nitrogen and oxygen atoms in total. The van der Waals surface area contributed by atoms with Crippen LogP contribution in [0.15, 0.2) is 174 Å². The quantitative estimate of drug-likeness (QED) is 0.200. The summed E-state index contributed by atoms with van der Waals surface area (Å²) >= 11 is 0. The molecule has 9 aromatic rings. The van der Waals surface area contributed by atoms with E-state index in [9.17, 15) is 0 Å². The summed E-state index contributed by atoms with van der Waals surface area (Å²) in [5.74, 6) is 0. The van der Waals surface area contributed by atoms with Crippen molar-refractivity contribution in [1.29, 1.82) is 0 Å². The molecule has 0 fully saturated rings. The summed E-state index contributed by atoms with van der Waals surface area (Å²) in [6.45, 7) is 0. The fourth-order valence-electron chi connectivity index (χ4n) is 7.46. The van der Waals surface area contributed by atoms with Crippen molar-refractivity contribution in [2.45, 2.75) is 0 Å². The Morgan fingerprint density at radius 1 is 0.426 bits per heavy atom. The van der Waals surface area contributed by atoms with Crippen molar-refractivity contribution in [2.24, 2.45) is 0 Å². The first-order chi connectivity index (χ1) is 23.3. The van der Waals surface area contributed by atoms with Crippen molar-refractivity contribution in [1.82, 2.24) is 0 Å². The molecule has 0 atom stereocenters. The van der Waals surface area contributed by atoms with E-state index in [2.05, 4.69) is 168 Å². The molecule has 1 aliphatic heterocycles. The van der Waals surface area contributed by atoms with Gasteiger partial charge < -0.3 is 14.2 Å². The molecule has 0 unspecified atom stereocenters. The van der Waals surface area contributed by atoms with Crippen molar-refractivity contribution < 1.29 is 4.42 Å². The van der Waals surface area contributed by atoms with Crippen LogP contribution in [0.1, 0.15) is 0 Å². The molecule has 1 aliphatic rings. The minimum atomic E-state index is 0.892. The first-order valence-electron chi connectivity index (χ1n) is 16.0. The predicted molar refractivity (Wildman–Crippen MR) is 197 cm³/mol. The Morgan fingerprint density at radius 3 is 1.98 bits per heavy atom. The first kappa shape index (κ1) is 26.0. The average molecular weight is 601 g/mol. The maximum Gasteiger partial charge on any atom is 0.135 e. The number of nitrogens with zero attached hydrogens (tertiary/aromatic N) is 2. The zero-order valence-corrected chi connectivity index (χ0v) is 25.5. The lowest BCUT2D eigenvalue weighted by molar-refractivity contribution is 0.669. The first-order valence-corrected chi connectivity index (χ1v) is 16.0. The van der Waals surface area contributed by atoms with Gasteiger partial charge in [0.15, 0.2) is 0 Å².